The van der Waals surface area contributed by atoms with E-state index in [-0.39, 0.29) is 5.57 Å². The Morgan fingerprint density at radius 2 is 1.97 bits per heavy atom. The normalized spacial score (nSPS) is 18.1. The molecule has 2 aromatic rings. The maximum atomic E-state index is 12.9. The number of thioether (sulfide) groups is 1. The summed E-state index contributed by atoms with van der Waals surface area (Å²) in [5.74, 6) is -2.27. The van der Waals surface area contributed by atoms with Crippen LogP contribution in [0.5, 0.6) is 5.75 Å². The summed E-state index contributed by atoms with van der Waals surface area (Å²) in [5.41, 5.74) is 1.73. The summed E-state index contributed by atoms with van der Waals surface area (Å²) in [6.45, 7) is 0. The molecule has 1 aliphatic rings. The molecule has 1 heterocycles. The third-order valence-electron chi connectivity index (χ3n) is 4.89. The molecule has 1 aliphatic heterocycles. The van der Waals surface area contributed by atoms with Gasteiger partial charge in [0, 0.05) is 11.7 Å². The van der Waals surface area contributed by atoms with Gasteiger partial charge >= 0.3 is 5.97 Å². The first-order chi connectivity index (χ1) is 15.3. The van der Waals surface area contributed by atoms with Crippen LogP contribution in [0, 0.1) is 17.2 Å². The Labute approximate surface area is 208 Å². The minimum absolute atomic E-state index is 0.266. The number of hydrogen-bond donors (Lipinski definition) is 1. The zero-order valence-electron chi connectivity index (χ0n) is 16.9. The van der Waals surface area contributed by atoms with Crippen LogP contribution in [0.3, 0.4) is 0 Å². The number of nitrogens with one attached hydrogen (secondary N) is 1. The van der Waals surface area contributed by atoms with Gasteiger partial charge in [0.05, 0.1) is 45.4 Å². The van der Waals surface area contributed by atoms with Gasteiger partial charge in [-0.05, 0) is 51.3 Å². The molecule has 0 aliphatic carbocycles. The monoisotopic (exact) mass is 554 g/mol. The SMILES string of the molecule is COC(=O)[C@@H]1C(=O)NC(SCc2ccc(Cl)c(Cl)c2)=C(C#N)[C@H]1c1ccc(OC)c(Br)c1. The van der Waals surface area contributed by atoms with Crippen molar-refractivity contribution in [2.75, 3.05) is 14.2 Å². The van der Waals surface area contributed by atoms with Crippen molar-refractivity contribution in [3.63, 3.8) is 0 Å². The van der Waals surface area contributed by atoms with Gasteiger partial charge in [0.1, 0.15) is 11.7 Å². The van der Waals surface area contributed by atoms with Crippen LogP contribution in [0.4, 0.5) is 0 Å². The zero-order chi connectivity index (χ0) is 23.4. The van der Waals surface area contributed by atoms with Gasteiger partial charge in [-0.1, -0.05) is 35.3 Å². The highest BCUT2D eigenvalue weighted by Gasteiger charge is 2.44. The van der Waals surface area contributed by atoms with Gasteiger partial charge in [-0.2, -0.15) is 5.26 Å². The first-order valence-corrected chi connectivity index (χ1v) is 11.8. The molecule has 2 atom stereocenters. The molecule has 2 aromatic carbocycles. The lowest BCUT2D eigenvalue weighted by atomic mass is 9.78. The molecule has 6 nitrogen and oxygen atoms in total. The molecule has 166 valence electrons. The van der Waals surface area contributed by atoms with E-state index in [0.29, 0.717) is 36.6 Å². The fraction of sp³-hybridized carbons (Fsp3) is 0.227. The van der Waals surface area contributed by atoms with E-state index in [9.17, 15) is 14.9 Å². The highest BCUT2D eigenvalue weighted by molar-refractivity contribution is 9.10. The molecule has 0 unspecified atom stereocenters. The number of amides is 1. The van der Waals surface area contributed by atoms with Crippen molar-refractivity contribution in [1.29, 1.82) is 5.26 Å². The number of nitrogens with zero attached hydrogens (tertiary/aromatic N) is 1. The number of ether oxygens (including phenoxy) is 2. The van der Waals surface area contributed by atoms with Gasteiger partial charge in [0.25, 0.3) is 0 Å². The fourth-order valence-corrected chi connectivity index (χ4v) is 5.21. The van der Waals surface area contributed by atoms with Gasteiger partial charge in [-0.3, -0.25) is 9.59 Å². The molecule has 3 rings (SSSR count). The van der Waals surface area contributed by atoms with E-state index in [1.807, 2.05) is 6.07 Å². The van der Waals surface area contributed by atoms with Gasteiger partial charge in [-0.25, -0.2) is 0 Å². The lowest BCUT2D eigenvalue weighted by Gasteiger charge is -2.31. The number of carbonyl (C=O) groups excluding carboxylic acids is 2. The summed E-state index contributed by atoms with van der Waals surface area (Å²) < 4.78 is 10.8. The average Bonchev–Trinajstić information content (AvgIpc) is 2.78. The van der Waals surface area contributed by atoms with E-state index in [1.165, 1.54) is 26.0 Å². The largest absolute Gasteiger partial charge is 0.496 e. The minimum atomic E-state index is -1.20. The topological polar surface area (TPSA) is 88.4 Å². The molecule has 32 heavy (non-hydrogen) atoms. The standard InChI is InChI=1S/C22H17BrCl2N2O4S/c1-30-17-6-4-12(8-14(17)23)18-13(9-26)21(27-20(28)19(18)22(29)31-2)32-10-11-3-5-15(24)16(25)7-11/h3-8,18-19H,10H2,1-2H3,(H,27,28)/t18-,19+/m1/s1. The van der Waals surface area contributed by atoms with Crippen LogP contribution < -0.4 is 10.1 Å². The summed E-state index contributed by atoms with van der Waals surface area (Å²) >= 11 is 16.7. The summed E-state index contributed by atoms with van der Waals surface area (Å²) in [6, 6.07) is 12.6. The smallest absolute Gasteiger partial charge is 0.319 e. The summed E-state index contributed by atoms with van der Waals surface area (Å²) in [4.78, 5) is 25.4. The van der Waals surface area contributed by atoms with Crippen LogP contribution in [0.15, 0.2) is 51.5 Å². The lowest BCUT2D eigenvalue weighted by molar-refractivity contribution is -0.150. The third-order valence-corrected chi connectivity index (χ3v) is 7.33. The van der Waals surface area contributed by atoms with Crippen molar-refractivity contribution in [2.45, 2.75) is 11.7 Å². The molecule has 10 heteroatoms. The number of methoxy groups -OCH3 is 2. The summed E-state index contributed by atoms with van der Waals surface area (Å²) in [6.07, 6.45) is 0. The molecule has 0 spiro atoms. The first-order valence-electron chi connectivity index (χ1n) is 9.23. The number of hydrogen-bond acceptors (Lipinski definition) is 6. The highest BCUT2D eigenvalue weighted by atomic mass is 79.9. The Bertz CT molecular complexity index is 1150. The maximum Gasteiger partial charge on any atom is 0.319 e. The van der Waals surface area contributed by atoms with Crippen molar-refractivity contribution in [2.24, 2.45) is 5.92 Å². The average molecular weight is 556 g/mol. The van der Waals surface area contributed by atoms with Crippen LogP contribution >= 0.6 is 50.9 Å². The third kappa shape index (κ3) is 5.07. The molecular weight excluding hydrogens is 539 g/mol. The number of allylic oxidation sites excluding steroid dienone is 1. The Kier molecular flexibility index (Phi) is 8.12. The quantitative estimate of drug-likeness (QED) is 0.377. The summed E-state index contributed by atoms with van der Waals surface area (Å²) in [7, 11) is 2.74. The van der Waals surface area contributed by atoms with Crippen molar-refractivity contribution < 1.29 is 19.1 Å². The molecule has 0 fully saturated rings. The maximum absolute atomic E-state index is 12.9. The Hall–Kier alpha value is -2.18. The predicted molar refractivity (Wildman–Crippen MR) is 127 cm³/mol. The number of rotatable bonds is 6. The Morgan fingerprint density at radius 3 is 2.56 bits per heavy atom. The van der Waals surface area contributed by atoms with Crippen LogP contribution in [0.25, 0.3) is 0 Å². The van der Waals surface area contributed by atoms with E-state index in [0.717, 1.165) is 5.56 Å². The predicted octanol–water partition coefficient (Wildman–Crippen LogP) is 5.44. The van der Waals surface area contributed by atoms with E-state index >= 15 is 0 Å². The molecule has 1 N–H and O–H groups in total. The number of nitriles is 1. The molecule has 0 saturated heterocycles. The van der Waals surface area contributed by atoms with Gasteiger partial charge in [0.15, 0.2) is 0 Å². The first kappa shape index (κ1) is 24.5. The van der Waals surface area contributed by atoms with E-state index in [1.54, 1.807) is 30.3 Å². The molecule has 0 aromatic heterocycles. The van der Waals surface area contributed by atoms with Crippen LogP contribution in [0.1, 0.15) is 17.0 Å². The van der Waals surface area contributed by atoms with Crippen LogP contribution in [-0.4, -0.2) is 26.1 Å². The second-order valence-corrected chi connectivity index (χ2v) is 9.41. The van der Waals surface area contributed by atoms with Crippen molar-refractivity contribution in [1.82, 2.24) is 5.32 Å². The Morgan fingerprint density at radius 1 is 1.22 bits per heavy atom. The van der Waals surface area contributed by atoms with Crippen molar-refractivity contribution in [3.8, 4) is 11.8 Å². The van der Waals surface area contributed by atoms with Crippen molar-refractivity contribution in [3.05, 3.63) is 72.6 Å². The highest BCUT2D eigenvalue weighted by Crippen LogP contribution is 2.42. The molecule has 0 saturated carbocycles. The molecule has 0 bridgehead atoms. The Balaban J connectivity index is 2.04. The molecule has 0 radical (unpaired) electrons. The van der Waals surface area contributed by atoms with Gasteiger partial charge in [0.2, 0.25) is 5.91 Å². The van der Waals surface area contributed by atoms with Crippen LogP contribution in [0.2, 0.25) is 10.0 Å². The number of halogens is 3. The van der Waals surface area contributed by atoms with E-state index in [4.69, 9.17) is 32.7 Å². The molecule has 1 amide bonds. The van der Waals surface area contributed by atoms with Crippen LogP contribution in [-0.2, 0) is 20.1 Å². The van der Waals surface area contributed by atoms with E-state index in [2.05, 4.69) is 27.3 Å². The zero-order valence-corrected chi connectivity index (χ0v) is 20.9. The molecular formula is C22H17BrCl2N2O4S. The fourth-order valence-electron chi connectivity index (χ4n) is 3.34. The van der Waals surface area contributed by atoms with Crippen molar-refractivity contribution >= 4 is 62.8 Å². The lowest BCUT2D eigenvalue weighted by Crippen LogP contribution is -2.44. The number of esters is 1. The second-order valence-electron chi connectivity index (χ2n) is 6.75. The summed E-state index contributed by atoms with van der Waals surface area (Å²) in [5, 5.41) is 13.9. The van der Waals surface area contributed by atoms with E-state index < -0.39 is 23.7 Å². The second kappa shape index (κ2) is 10.6. The number of benzene rings is 2. The minimum Gasteiger partial charge on any atom is -0.496 e. The van der Waals surface area contributed by atoms with Gasteiger partial charge in [-0.15, -0.1) is 11.8 Å². The van der Waals surface area contributed by atoms with Gasteiger partial charge < -0.3 is 14.8 Å². The number of carbonyl (C=O) groups is 2.